The van der Waals surface area contributed by atoms with Gasteiger partial charge in [-0.15, -0.1) is 0 Å². The molecule has 0 fully saturated rings. The summed E-state index contributed by atoms with van der Waals surface area (Å²) in [5, 5.41) is 0.903. The van der Waals surface area contributed by atoms with E-state index in [2.05, 4.69) is 4.98 Å². The van der Waals surface area contributed by atoms with Crippen molar-refractivity contribution in [2.75, 3.05) is 21.1 Å². The number of ketones is 1. The zero-order chi connectivity index (χ0) is 22.0. The van der Waals surface area contributed by atoms with Crippen LogP contribution in [0.4, 0.5) is 5.69 Å². The van der Waals surface area contributed by atoms with Crippen LogP contribution >= 0.6 is 0 Å². The number of carbonyl (C=O) groups excluding carboxylic acids is 2. The van der Waals surface area contributed by atoms with Gasteiger partial charge in [-0.05, 0) is 36.4 Å². The summed E-state index contributed by atoms with van der Waals surface area (Å²) in [6, 6.07) is 24.1. The van der Waals surface area contributed by atoms with Crippen molar-refractivity contribution >= 4 is 28.3 Å². The van der Waals surface area contributed by atoms with Gasteiger partial charge in [0.15, 0.2) is 5.78 Å². The van der Waals surface area contributed by atoms with Gasteiger partial charge in [0.25, 0.3) is 0 Å². The van der Waals surface area contributed by atoms with E-state index in [4.69, 9.17) is 4.74 Å². The molecule has 0 bridgehead atoms. The maximum atomic E-state index is 12.7. The van der Waals surface area contributed by atoms with Crippen molar-refractivity contribution in [3.63, 3.8) is 0 Å². The van der Waals surface area contributed by atoms with Crippen molar-refractivity contribution in [1.29, 1.82) is 0 Å². The van der Waals surface area contributed by atoms with Gasteiger partial charge >= 0.3 is 5.97 Å². The van der Waals surface area contributed by atoms with E-state index in [9.17, 15) is 9.59 Å². The molecule has 1 N–H and O–H groups in total. The van der Waals surface area contributed by atoms with Crippen LogP contribution in [0.2, 0.25) is 0 Å². The highest BCUT2D eigenvalue weighted by atomic mass is 16.5. The van der Waals surface area contributed by atoms with Crippen LogP contribution < -0.4 is 4.48 Å². The van der Waals surface area contributed by atoms with E-state index >= 15 is 0 Å². The molecule has 0 aliphatic heterocycles. The van der Waals surface area contributed by atoms with E-state index < -0.39 is 0 Å². The molecule has 0 unspecified atom stereocenters. The highest BCUT2D eigenvalue weighted by molar-refractivity contribution is 6.10. The smallest absolute Gasteiger partial charge is 0.338 e. The maximum absolute atomic E-state index is 12.7. The molecule has 0 amide bonds. The summed E-state index contributed by atoms with van der Waals surface area (Å²) in [5.74, 6) is -0.386. The second kappa shape index (κ2) is 8.20. The lowest BCUT2D eigenvalue weighted by atomic mass is 10.0. The van der Waals surface area contributed by atoms with Crippen LogP contribution in [0.3, 0.4) is 0 Å². The fraction of sp³-hybridized carbons (Fsp3) is 0.154. The number of nitrogens with one attached hydrogen (secondary N) is 1. The lowest BCUT2D eigenvalue weighted by molar-refractivity contribution is 0.0468. The monoisotopic (exact) mass is 413 g/mol. The molecule has 0 atom stereocenters. The Morgan fingerprint density at radius 2 is 1.55 bits per heavy atom. The molecule has 5 nitrogen and oxygen atoms in total. The Labute approximate surface area is 181 Å². The molecule has 0 saturated carbocycles. The van der Waals surface area contributed by atoms with E-state index in [0.29, 0.717) is 21.2 Å². The molecule has 0 aliphatic rings. The quantitative estimate of drug-likeness (QED) is 0.276. The van der Waals surface area contributed by atoms with Crippen LogP contribution in [0.25, 0.3) is 10.9 Å². The SMILES string of the molecule is C[N+](C)(C)c1cccc(C(=O)OCc2cc3cc(C(=O)c4ccccc4)ccc3[nH]2)c1. The second-order valence-corrected chi connectivity index (χ2v) is 8.43. The highest BCUT2D eigenvalue weighted by Crippen LogP contribution is 2.21. The number of fused-ring (bicyclic) bond motifs is 1. The average Bonchev–Trinajstić information content (AvgIpc) is 3.19. The molecule has 0 aliphatic carbocycles. The predicted octanol–water partition coefficient (Wildman–Crippen LogP) is 4.95. The third-order valence-electron chi connectivity index (χ3n) is 5.19. The average molecular weight is 413 g/mol. The maximum Gasteiger partial charge on any atom is 0.338 e. The molecule has 4 rings (SSSR count). The molecule has 0 saturated heterocycles. The molecule has 4 aromatic rings. The first-order valence-corrected chi connectivity index (χ1v) is 10.1. The van der Waals surface area contributed by atoms with Crippen molar-refractivity contribution in [2.45, 2.75) is 6.61 Å². The molecule has 31 heavy (non-hydrogen) atoms. The highest BCUT2D eigenvalue weighted by Gasteiger charge is 2.16. The minimum Gasteiger partial charge on any atom is -0.456 e. The molecule has 1 heterocycles. The number of aromatic amines is 1. The Morgan fingerprint density at radius 1 is 0.806 bits per heavy atom. The Kier molecular flexibility index (Phi) is 5.44. The van der Waals surface area contributed by atoms with E-state index in [1.807, 2.05) is 87.9 Å². The number of aromatic nitrogens is 1. The molecule has 3 aromatic carbocycles. The summed E-state index contributed by atoms with van der Waals surface area (Å²) in [5.41, 5.74) is 4.49. The van der Waals surface area contributed by atoms with Gasteiger partial charge in [0.05, 0.1) is 32.4 Å². The van der Waals surface area contributed by atoms with Gasteiger partial charge < -0.3 is 9.72 Å². The first-order chi connectivity index (χ1) is 14.8. The standard InChI is InChI=1S/C26H24N2O3/c1-28(2,3)23-11-7-10-20(16-23)26(30)31-17-22-15-21-14-19(12-13-24(21)27-22)25(29)18-8-5-4-6-9-18/h4-16H,17H2,1-3H3/p+1. The van der Waals surface area contributed by atoms with Gasteiger partial charge in [0.2, 0.25) is 0 Å². The Hall–Kier alpha value is -3.70. The van der Waals surface area contributed by atoms with Crippen molar-refractivity contribution < 1.29 is 14.3 Å². The van der Waals surface area contributed by atoms with Gasteiger partial charge in [-0.25, -0.2) is 4.79 Å². The zero-order valence-electron chi connectivity index (χ0n) is 17.9. The number of H-pyrrole nitrogens is 1. The topological polar surface area (TPSA) is 59.2 Å². The summed E-state index contributed by atoms with van der Waals surface area (Å²) >= 11 is 0. The number of rotatable bonds is 6. The normalized spacial score (nSPS) is 11.5. The number of hydrogen-bond acceptors (Lipinski definition) is 3. The second-order valence-electron chi connectivity index (χ2n) is 8.43. The Bertz CT molecular complexity index is 1250. The molecule has 0 radical (unpaired) electrons. The molecule has 1 aromatic heterocycles. The molecular formula is C26H25N2O3+. The van der Waals surface area contributed by atoms with Gasteiger partial charge in [0, 0.05) is 28.1 Å². The molecule has 5 heteroatoms. The van der Waals surface area contributed by atoms with E-state index in [1.165, 1.54) is 0 Å². The Morgan fingerprint density at radius 3 is 2.29 bits per heavy atom. The van der Waals surface area contributed by atoms with E-state index in [0.717, 1.165) is 22.3 Å². The minimum atomic E-state index is -0.367. The summed E-state index contributed by atoms with van der Waals surface area (Å²) in [6.07, 6.45) is 0. The van der Waals surface area contributed by atoms with Crippen molar-refractivity contribution in [1.82, 2.24) is 9.47 Å². The summed E-state index contributed by atoms with van der Waals surface area (Å²) < 4.78 is 6.13. The largest absolute Gasteiger partial charge is 0.456 e. The van der Waals surface area contributed by atoms with Crippen LogP contribution in [0, 0.1) is 0 Å². The van der Waals surface area contributed by atoms with Gasteiger partial charge in [0.1, 0.15) is 12.3 Å². The lowest BCUT2D eigenvalue weighted by Crippen LogP contribution is -2.34. The number of benzene rings is 3. The van der Waals surface area contributed by atoms with Gasteiger partial charge in [-0.2, -0.15) is 0 Å². The Balaban J connectivity index is 1.48. The van der Waals surface area contributed by atoms with Crippen LogP contribution in [0.1, 0.15) is 32.0 Å². The molecule has 0 spiro atoms. The number of quaternary nitrogens is 1. The minimum absolute atomic E-state index is 0.0196. The number of hydrogen-bond donors (Lipinski definition) is 1. The number of nitrogens with zero attached hydrogens (tertiary/aromatic N) is 1. The van der Waals surface area contributed by atoms with Crippen molar-refractivity contribution in [2.24, 2.45) is 0 Å². The fourth-order valence-electron chi connectivity index (χ4n) is 3.44. The number of esters is 1. The lowest BCUT2D eigenvalue weighted by Gasteiger charge is -2.23. The van der Waals surface area contributed by atoms with Crippen molar-refractivity contribution in [3.8, 4) is 0 Å². The first-order valence-electron chi connectivity index (χ1n) is 10.1. The van der Waals surface area contributed by atoms with Crippen LogP contribution in [-0.4, -0.2) is 37.9 Å². The van der Waals surface area contributed by atoms with Crippen molar-refractivity contribution in [3.05, 3.63) is 101 Å². The van der Waals surface area contributed by atoms with E-state index in [1.54, 1.807) is 12.1 Å². The number of ether oxygens (including phenoxy) is 1. The van der Waals surface area contributed by atoms with E-state index in [-0.39, 0.29) is 18.4 Å². The zero-order valence-corrected chi connectivity index (χ0v) is 17.9. The van der Waals surface area contributed by atoms with Gasteiger partial charge in [-0.3, -0.25) is 9.28 Å². The predicted molar refractivity (Wildman–Crippen MR) is 123 cm³/mol. The number of carbonyl (C=O) groups is 2. The third-order valence-corrected chi connectivity index (χ3v) is 5.19. The van der Waals surface area contributed by atoms with Crippen LogP contribution in [0.15, 0.2) is 78.9 Å². The van der Waals surface area contributed by atoms with Gasteiger partial charge in [-0.1, -0.05) is 36.4 Å². The molecular weight excluding hydrogens is 388 g/mol. The summed E-state index contributed by atoms with van der Waals surface area (Å²) in [6.45, 7) is 0.129. The summed E-state index contributed by atoms with van der Waals surface area (Å²) in [7, 11) is 6.14. The summed E-state index contributed by atoms with van der Waals surface area (Å²) in [4.78, 5) is 28.5. The van der Waals surface area contributed by atoms with Crippen LogP contribution in [0.5, 0.6) is 0 Å². The third kappa shape index (κ3) is 4.57. The fourth-order valence-corrected chi connectivity index (χ4v) is 3.44. The first kappa shape index (κ1) is 20.6. The van der Waals surface area contributed by atoms with Crippen LogP contribution in [-0.2, 0) is 11.3 Å². The molecule has 156 valence electrons.